The number of imidazole rings is 2. The molecule has 4 heterocycles. The summed E-state index contributed by atoms with van der Waals surface area (Å²) in [6, 6.07) is 21.9. The number of amides is 4. The van der Waals surface area contributed by atoms with E-state index in [0.717, 1.165) is 93.7 Å². The van der Waals surface area contributed by atoms with Gasteiger partial charge in [-0.1, -0.05) is 76.2 Å². The summed E-state index contributed by atoms with van der Waals surface area (Å²) in [5, 5.41) is 5.23. The number of aryl methyl sites for hydroxylation is 4. The maximum Gasteiger partial charge on any atom is 0.407 e. The van der Waals surface area contributed by atoms with Crippen molar-refractivity contribution in [2.24, 2.45) is 11.8 Å². The van der Waals surface area contributed by atoms with Crippen LogP contribution in [0.4, 0.5) is 9.59 Å². The van der Waals surface area contributed by atoms with Crippen molar-refractivity contribution >= 4 is 66.1 Å². The second-order valence-corrected chi connectivity index (χ2v) is 24.1. The second kappa shape index (κ2) is 20.4. The Balaban J connectivity index is 0.975. The van der Waals surface area contributed by atoms with Crippen LogP contribution >= 0.6 is 0 Å². The van der Waals surface area contributed by atoms with Crippen LogP contribution in [0.3, 0.4) is 0 Å². The van der Waals surface area contributed by atoms with E-state index in [0.29, 0.717) is 22.7 Å². The van der Waals surface area contributed by atoms with E-state index in [1.807, 2.05) is 36.4 Å². The second-order valence-electron chi connectivity index (χ2n) is 20.1. The minimum atomic E-state index is -3.69. The summed E-state index contributed by atoms with van der Waals surface area (Å²) in [6.45, 7) is 6.75. The summed E-state index contributed by atoms with van der Waals surface area (Å²) in [6.07, 6.45) is 3.66. The first-order valence-corrected chi connectivity index (χ1v) is 28.2. The predicted molar refractivity (Wildman–Crippen MR) is 278 cm³/mol. The summed E-state index contributed by atoms with van der Waals surface area (Å²) in [5.41, 5.74) is 11.5. The third-order valence-electron chi connectivity index (χ3n) is 14.4. The van der Waals surface area contributed by atoms with Crippen molar-refractivity contribution in [1.29, 1.82) is 0 Å². The lowest BCUT2D eigenvalue weighted by Gasteiger charge is -2.29. The van der Waals surface area contributed by atoms with Gasteiger partial charge in [-0.05, 0) is 106 Å². The van der Waals surface area contributed by atoms with E-state index >= 15 is 0 Å². The molecule has 4 aromatic carbocycles. The largest absolute Gasteiger partial charge is 0.453 e. The first-order chi connectivity index (χ1) is 35.1. The molecule has 2 aliphatic heterocycles. The van der Waals surface area contributed by atoms with Crippen LogP contribution in [0.1, 0.15) is 73.7 Å². The van der Waals surface area contributed by atoms with Gasteiger partial charge in [0, 0.05) is 13.1 Å². The van der Waals surface area contributed by atoms with Gasteiger partial charge < -0.3 is 39.9 Å². The average molecular weight is 1050 g/mol. The van der Waals surface area contributed by atoms with Crippen molar-refractivity contribution in [3.05, 3.63) is 107 Å². The van der Waals surface area contributed by atoms with E-state index in [2.05, 4.69) is 57.0 Å². The first-order valence-electron chi connectivity index (χ1n) is 24.5. The van der Waals surface area contributed by atoms with Gasteiger partial charge in [0.05, 0.1) is 62.1 Å². The number of nitrogens with zero attached hydrogens (tertiary/aromatic N) is 6. The van der Waals surface area contributed by atoms with Crippen molar-refractivity contribution < 1.29 is 45.5 Å². The topological polar surface area (TPSA) is 249 Å². The third-order valence-corrected chi connectivity index (χ3v) is 16.8. The Morgan fingerprint density at radius 3 is 1.32 bits per heavy atom. The molecule has 6 aromatic rings. The minimum absolute atomic E-state index is 0.0109. The maximum atomic E-state index is 14.1. The molecule has 2 saturated heterocycles. The number of hydrogen-bond acceptors (Lipinski definition) is 12. The molecule has 392 valence electrons. The molecule has 6 aliphatic rings. The highest BCUT2D eigenvalue weighted by molar-refractivity contribution is 7.88. The fourth-order valence-electron chi connectivity index (χ4n) is 10.2. The van der Waals surface area contributed by atoms with E-state index < -0.39 is 68.2 Å². The van der Waals surface area contributed by atoms with Crippen LogP contribution in [-0.2, 0) is 64.8 Å². The summed E-state index contributed by atoms with van der Waals surface area (Å²) >= 11 is 0. The number of ether oxygens (including phenoxy) is 2. The average Bonchev–Trinajstić information content (AvgIpc) is 4.19. The number of nitrogens with one attached hydrogen (secondary N) is 4. The standard InChI is InChI=1S/C52H62N10O10S2/c1-29(2)45(57-51(65)71-5)49(63)61-27-59(73(7,67)68)25-43(61)47-53-39-19-17-35(23-41(39)55-47)37-21-31-9-13-33(37)15-11-32-10-14-34(16-12-31)38(22-32)36-18-20-40-42(24-36)56-48(54-40)44-26-60(74(8,69)70)28-62(44)50(64)46(30(3)4)58-52(66)72-6/h9-10,13-14,17-24,29-30,43-46H,11-12,15-16,25-28H2,1-8H3,(H,53,55)(H,54,56)(H,57,65)(H,58,66)/t43-,44-,45-,46-/m0/s1. The van der Waals surface area contributed by atoms with Crippen LogP contribution in [0, 0.1) is 11.8 Å². The zero-order valence-electron chi connectivity index (χ0n) is 42.6. The van der Waals surface area contributed by atoms with Gasteiger partial charge in [0.1, 0.15) is 35.8 Å². The number of alkyl carbamates (subject to hydrolysis) is 2. The monoisotopic (exact) mass is 1050 g/mol. The zero-order valence-corrected chi connectivity index (χ0v) is 44.3. The number of methoxy groups -OCH3 is 2. The molecule has 74 heavy (non-hydrogen) atoms. The van der Waals surface area contributed by atoms with Crippen LogP contribution < -0.4 is 10.6 Å². The molecule has 2 aromatic heterocycles. The number of fused-ring (bicyclic) bond motifs is 2. The van der Waals surface area contributed by atoms with Crippen LogP contribution in [0.2, 0.25) is 0 Å². The lowest BCUT2D eigenvalue weighted by atomic mass is 9.87. The number of carbonyl (C=O) groups excluding carboxylic acids is 4. The lowest BCUT2D eigenvalue weighted by Crippen LogP contribution is -2.51. The van der Waals surface area contributed by atoms with Gasteiger partial charge in [0.15, 0.2) is 0 Å². The zero-order chi connectivity index (χ0) is 53.0. The minimum Gasteiger partial charge on any atom is -0.453 e. The van der Waals surface area contributed by atoms with Gasteiger partial charge in [-0.2, -0.15) is 8.61 Å². The Labute approximate surface area is 430 Å². The molecule has 12 rings (SSSR count). The highest BCUT2D eigenvalue weighted by Gasteiger charge is 2.45. The fraction of sp³-hybridized carbons (Fsp3) is 0.423. The molecule has 0 radical (unpaired) electrons. The summed E-state index contributed by atoms with van der Waals surface area (Å²) in [5.74, 6) is -0.678. The molecule has 0 spiro atoms. The quantitative estimate of drug-likeness (QED) is 0.117. The molecule has 4 N–H and O–H groups in total. The van der Waals surface area contributed by atoms with E-state index in [1.54, 1.807) is 27.7 Å². The maximum absolute atomic E-state index is 14.1. The highest BCUT2D eigenvalue weighted by Crippen LogP contribution is 2.37. The Morgan fingerprint density at radius 1 is 0.581 bits per heavy atom. The molecule has 22 heteroatoms. The van der Waals surface area contributed by atoms with Crippen molar-refractivity contribution in [2.45, 2.75) is 77.5 Å². The first kappa shape index (κ1) is 52.0. The molecule has 4 bridgehead atoms. The van der Waals surface area contributed by atoms with Crippen LogP contribution in [0.15, 0.2) is 72.8 Å². The molecule has 0 saturated carbocycles. The molecule has 20 nitrogen and oxygen atoms in total. The number of hydrogen-bond donors (Lipinski definition) is 4. The van der Waals surface area contributed by atoms with Crippen LogP contribution in [-0.4, -0.2) is 144 Å². The van der Waals surface area contributed by atoms with Crippen LogP contribution in [0.25, 0.3) is 44.3 Å². The SMILES string of the molecule is COC(=O)N[C@H](C(=O)N1CN(S(C)(=O)=O)C[C@H]1c1nc2cc(-c3cc4ccc3CCc3ccc(c(-c5ccc6[nH]c([C@@H]7CN(S(C)(=O)=O)CN7C(=O)[C@@H](NC(=O)OC)C(C)C)nc6c5)c3)CC4)ccc2[nH]1)C(C)C. The van der Waals surface area contributed by atoms with Gasteiger partial charge in [0.2, 0.25) is 31.9 Å². The summed E-state index contributed by atoms with van der Waals surface area (Å²) in [4.78, 5) is 72.2. The molecule has 0 unspecified atom stereocenters. The number of H-pyrrole nitrogens is 2. The smallest absolute Gasteiger partial charge is 0.407 e. The van der Waals surface area contributed by atoms with E-state index in [-0.39, 0.29) is 38.3 Å². The number of carbonyl (C=O) groups is 4. The number of sulfonamides is 2. The van der Waals surface area contributed by atoms with Crippen molar-refractivity contribution in [2.75, 3.05) is 53.2 Å². The Kier molecular flexibility index (Phi) is 14.4. The lowest BCUT2D eigenvalue weighted by molar-refractivity contribution is -0.136. The highest BCUT2D eigenvalue weighted by atomic mass is 32.2. The molecule has 4 aliphatic carbocycles. The third kappa shape index (κ3) is 10.6. The van der Waals surface area contributed by atoms with Gasteiger partial charge in [-0.15, -0.1) is 0 Å². The van der Waals surface area contributed by atoms with Crippen molar-refractivity contribution in [1.82, 2.24) is 49.0 Å². The fourth-order valence-corrected chi connectivity index (χ4v) is 11.7. The Morgan fingerprint density at radius 2 is 0.973 bits per heavy atom. The van der Waals surface area contributed by atoms with Crippen molar-refractivity contribution in [3.8, 4) is 22.3 Å². The number of aromatic amines is 2. The molecule has 2 fully saturated rings. The molecular formula is C52H62N10O10S2. The summed E-state index contributed by atoms with van der Waals surface area (Å²) < 4.78 is 63.3. The van der Waals surface area contributed by atoms with E-state index in [1.165, 1.54) is 32.6 Å². The number of rotatable bonds is 12. The van der Waals surface area contributed by atoms with Crippen LogP contribution in [0.5, 0.6) is 0 Å². The molecule has 4 amide bonds. The summed E-state index contributed by atoms with van der Waals surface area (Å²) in [7, 11) is -4.94. The normalized spacial score (nSPS) is 18.5. The van der Waals surface area contributed by atoms with Gasteiger partial charge in [0.25, 0.3) is 0 Å². The van der Waals surface area contributed by atoms with Gasteiger partial charge >= 0.3 is 12.2 Å². The predicted octanol–water partition coefficient (Wildman–Crippen LogP) is 5.62. The van der Waals surface area contributed by atoms with Gasteiger partial charge in [-0.3, -0.25) is 9.59 Å². The number of benzene rings is 4. The van der Waals surface area contributed by atoms with E-state index in [4.69, 9.17) is 19.4 Å². The molecular weight excluding hydrogens is 989 g/mol. The Bertz CT molecular complexity index is 3190. The molecule has 4 atom stereocenters. The number of aromatic nitrogens is 4. The van der Waals surface area contributed by atoms with E-state index in [9.17, 15) is 36.0 Å². The van der Waals surface area contributed by atoms with Crippen molar-refractivity contribution in [3.63, 3.8) is 0 Å². The van der Waals surface area contributed by atoms with Gasteiger partial charge in [-0.25, -0.2) is 36.4 Å². The Hall–Kier alpha value is -6.88.